The van der Waals surface area contributed by atoms with Crippen LogP contribution in [0.1, 0.15) is 17.4 Å². The smallest absolute Gasteiger partial charge is 0.358 e. The molecule has 1 heterocycles. The minimum Gasteiger partial charge on any atom is -0.476 e. The first-order valence-electron chi connectivity index (χ1n) is 5.87. The SMILES string of the molecule is CC(CNC(=O)NCCn1cc(C(=O)O)nn1)S(C)=O. The van der Waals surface area contributed by atoms with Crippen LogP contribution in [0, 0.1) is 0 Å². The molecule has 2 unspecified atom stereocenters. The van der Waals surface area contributed by atoms with Gasteiger partial charge in [0, 0.05) is 35.4 Å². The fourth-order valence-electron chi connectivity index (χ4n) is 1.21. The van der Waals surface area contributed by atoms with E-state index in [1.54, 1.807) is 13.2 Å². The third kappa shape index (κ3) is 5.34. The second-order valence-corrected chi connectivity index (χ2v) is 5.92. The summed E-state index contributed by atoms with van der Waals surface area (Å²) >= 11 is 0. The fraction of sp³-hybridized carbons (Fsp3) is 0.600. The molecule has 1 rings (SSSR count). The van der Waals surface area contributed by atoms with Crippen LogP contribution < -0.4 is 10.6 Å². The van der Waals surface area contributed by atoms with Gasteiger partial charge in [-0.15, -0.1) is 5.10 Å². The molecular weight excluding hydrogens is 286 g/mol. The number of hydrogen-bond acceptors (Lipinski definition) is 5. The number of urea groups is 1. The zero-order valence-electron chi connectivity index (χ0n) is 11.2. The normalized spacial score (nSPS) is 13.5. The summed E-state index contributed by atoms with van der Waals surface area (Å²) in [5.41, 5.74) is -0.145. The molecule has 0 aliphatic heterocycles. The number of carboxylic acid groups (broad SMARTS) is 1. The van der Waals surface area contributed by atoms with E-state index in [1.807, 2.05) is 0 Å². The molecule has 0 radical (unpaired) electrons. The molecule has 0 saturated carbocycles. The van der Waals surface area contributed by atoms with Crippen molar-refractivity contribution in [2.45, 2.75) is 18.7 Å². The molecule has 1 aromatic heterocycles. The van der Waals surface area contributed by atoms with E-state index in [0.29, 0.717) is 13.1 Å². The van der Waals surface area contributed by atoms with Crippen molar-refractivity contribution in [3.8, 4) is 0 Å². The zero-order chi connectivity index (χ0) is 15.1. The van der Waals surface area contributed by atoms with E-state index < -0.39 is 16.8 Å². The van der Waals surface area contributed by atoms with Crippen LogP contribution in [0.25, 0.3) is 0 Å². The van der Waals surface area contributed by atoms with Gasteiger partial charge in [-0.2, -0.15) is 0 Å². The molecule has 0 aromatic carbocycles. The van der Waals surface area contributed by atoms with Gasteiger partial charge in [-0.3, -0.25) is 4.21 Å². The third-order valence-electron chi connectivity index (χ3n) is 2.50. The van der Waals surface area contributed by atoms with Crippen LogP contribution >= 0.6 is 0 Å². The Morgan fingerprint density at radius 1 is 1.50 bits per heavy atom. The Bertz CT molecular complexity index is 504. The zero-order valence-corrected chi connectivity index (χ0v) is 12.0. The van der Waals surface area contributed by atoms with Crippen LogP contribution in [0.2, 0.25) is 0 Å². The van der Waals surface area contributed by atoms with Gasteiger partial charge in [0.2, 0.25) is 0 Å². The number of rotatable bonds is 7. The average Bonchev–Trinajstić information content (AvgIpc) is 2.84. The molecule has 0 aliphatic carbocycles. The fourth-order valence-corrected chi connectivity index (χ4v) is 1.52. The van der Waals surface area contributed by atoms with Crippen molar-refractivity contribution >= 4 is 22.8 Å². The number of carbonyl (C=O) groups excluding carboxylic acids is 1. The Morgan fingerprint density at radius 3 is 2.75 bits per heavy atom. The summed E-state index contributed by atoms with van der Waals surface area (Å²) in [4.78, 5) is 22.0. The molecular formula is C10H17N5O4S. The maximum atomic E-state index is 11.4. The van der Waals surface area contributed by atoms with Gasteiger partial charge in [0.05, 0.1) is 12.7 Å². The predicted octanol–water partition coefficient (Wildman–Crippen LogP) is -0.957. The van der Waals surface area contributed by atoms with E-state index in [9.17, 15) is 13.8 Å². The lowest BCUT2D eigenvalue weighted by atomic mass is 10.5. The maximum absolute atomic E-state index is 11.4. The molecule has 0 saturated heterocycles. The lowest BCUT2D eigenvalue weighted by Gasteiger charge is -2.10. The highest BCUT2D eigenvalue weighted by atomic mass is 32.2. The van der Waals surface area contributed by atoms with Crippen molar-refractivity contribution in [3.63, 3.8) is 0 Å². The largest absolute Gasteiger partial charge is 0.476 e. The van der Waals surface area contributed by atoms with Crippen LogP contribution in [0.5, 0.6) is 0 Å². The van der Waals surface area contributed by atoms with Crippen LogP contribution in [0.4, 0.5) is 4.79 Å². The van der Waals surface area contributed by atoms with Gasteiger partial charge in [-0.1, -0.05) is 5.21 Å². The minimum atomic E-state index is -1.15. The van der Waals surface area contributed by atoms with Gasteiger partial charge in [0.15, 0.2) is 5.69 Å². The summed E-state index contributed by atoms with van der Waals surface area (Å²) in [6.45, 7) is 2.68. The maximum Gasteiger partial charge on any atom is 0.358 e. The van der Waals surface area contributed by atoms with E-state index in [0.717, 1.165) is 0 Å². The van der Waals surface area contributed by atoms with Crippen molar-refractivity contribution in [1.82, 2.24) is 25.6 Å². The molecule has 112 valence electrons. The highest BCUT2D eigenvalue weighted by molar-refractivity contribution is 7.84. The van der Waals surface area contributed by atoms with E-state index in [-0.39, 0.29) is 23.5 Å². The van der Waals surface area contributed by atoms with Crippen molar-refractivity contribution in [2.75, 3.05) is 19.3 Å². The van der Waals surface area contributed by atoms with E-state index in [1.165, 1.54) is 10.9 Å². The Hall–Kier alpha value is -1.97. The van der Waals surface area contributed by atoms with Gasteiger partial charge in [0.25, 0.3) is 0 Å². The molecule has 10 heteroatoms. The quantitative estimate of drug-likeness (QED) is 0.595. The molecule has 3 N–H and O–H groups in total. The Morgan fingerprint density at radius 2 is 2.20 bits per heavy atom. The van der Waals surface area contributed by atoms with Gasteiger partial charge in [-0.25, -0.2) is 14.3 Å². The van der Waals surface area contributed by atoms with Crippen molar-refractivity contribution < 1.29 is 18.9 Å². The molecule has 2 atom stereocenters. The first kappa shape index (κ1) is 16.1. The number of hydrogen-bond donors (Lipinski definition) is 3. The lowest BCUT2D eigenvalue weighted by Crippen LogP contribution is -2.41. The first-order chi connectivity index (χ1) is 9.40. The number of amides is 2. The van der Waals surface area contributed by atoms with E-state index in [2.05, 4.69) is 20.9 Å². The molecule has 0 bridgehead atoms. The number of aromatic nitrogens is 3. The summed E-state index contributed by atoms with van der Waals surface area (Å²) < 4.78 is 12.4. The highest BCUT2D eigenvalue weighted by Crippen LogP contribution is 1.92. The van der Waals surface area contributed by atoms with E-state index in [4.69, 9.17) is 5.11 Å². The predicted molar refractivity (Wildman–Crippen MR) is 71.9 cm³/mol. The van der Waals surface area contributed by atoms with Crippen LogP contribution in [-0.2, 0) is 17.3 Å². The summed E-state index contributed by atoms with van der Waals surface area (Å²) in [5, 5.41) is 20.8. The molecule has 0 aliphatic rings. The van der Waals surface area contributed by atoms with Gasteiger partial charge in [-0.05, 0) is 6.92 Å². The number of aromatic carboxylic acids is 1. The molecule has 0 fully saturated rings. The summed E-state index contributed by atoms with van der Waals surface area (Å²) in [6.07, 6.45) is 2.86. The van der Waals surface area contributed by atoms with Crippen molar-refractivity contribution in [3.05, 3.63) is 11.9 Å². The minimum absolute atomic E-state index is 0.116. The molecule has 0 spiro atoms. The first-order valence-corrected chi connectivity index (χ1v) is 7.49. The van der Waals surface area contributed by atoms with Gasteiger partial charge < -0.3 is 15.7 Å². The van der Waals surface area contributed by atoms with Crippen LogP contribution in [0.3, 0.4) is 0 Å². The molecule has 20 heavy (non-hydrogen) atoms. The Balaban J connectivity index is 2.24. The highest BCUT2D eigenvalue weighted by Gasteiger charge is 2.09. The summed E-state index contributed by atoms with van der Waals surface area (Å²) in [5.74, 6) is -1.15. The number of nitrogens with zero attached hydrogens (tertiary/aromatic N) is 3. The Kier molecular flexibility index (Phi) is 6.10. The monoisotopic (exact) mass is 303 g/mol. The average molecular weight is 303 g/mol. The molecule has 2 amide bonds. The number of carboxylic acids is 1. The number of nitrogens with one attached hydrogen (secondary N) is 2. The van der Waals surface area contributed by atoms with Gasteiger partial charge >= 0.3 is 12.0 Å². The third-order valence-corrected chi connectivity index (χ3v) is 3.80. The second kappa shape index (κ2) is 7.58. The number of carbonyl (C=O) groups is 2. The molecule has 9 nitrogen and oxygen atoms in total. The van der Waals surface area contributed by atoms with Crippen molar-refractivity contribution in [2.24, 2.45) is 0 Å². The lowest BCUT2D eigenvalue weighted by molar-refractivity contribution is 0.0690. The standard InChI is InChI=1S/C10H17N5O4S/c1-7(20(2)19)5-12-10(18)11-3-4-15-6-8(9(16)17)13-14-15/h6-7H,3-5H2,1-2H3,(H,16,17)(H2,11,12,18). The van der Waals surface area contributed by atoms with Crippen LogP contribution in [-0.4, -0.2) is 60.9 Å². The second-order valence-electron chi connectivity index (χ2n) is 4.12. The topological polar surface area (TPSA) is 126 Å². The van der Waals surface area contributed by atoms with E-state index >= 15 is 0 Å². The summed E-state index contributed by atoms with van der Waals surface area (Å²) in [6, 6.07) is -0.374. The molecule has 1 aromatic rings. The van der Waals surface area contributed by atoms with Crippen molar-refractivity contribution in [1.29, 1.82) is 0 Å². The summed E-state index contributed by atoms with van der Waals surface area (Å²) in [7, 11) is -0.984. The Labute approximate surface area is 118 Å². The van der Waals surface area contributed by atoms with Gasteiger partial charge in [0.1, 0.15) is 0 Å². The van der Waals surface area contributed by atoms with Crippen LogP contribution in [0.15, 0.2) is 6.20 Å².